The molecule has 0 saturated carbocycles. The van der Waals surface area contributed by atoms with Crippen LogP contribution in [0, 0.1) is 0 Å². The van der Waals surface area contributed by atoms with Gasteiger partial charge in [-0.2, -0.15) is 0 Å². The molecule has 0 spiro atoms. The number of carboxylic acid groups (broad SMARTS) is 1. The van der Waals surface area contributed by atoms with Crippen LogP contribution in [0.2, 0.25) is 5.02 Å². The van der Waals surface area contributed by atoms with Crippen LogP contribution in [-0.2, 0) is 11.2 Å². The summed E-state index contributed by atoms with van der Waals surface area (Å²) < 4.78 is 0. The van der Waals surface area contributed by atoms with E-state index in [-0.39, 0.29) is 6.42 Å². The summed E-state index contributed by atoms with van der Waals surface area (Å²) in [6.07, 6.45) is 0.207. The molecule has 0 aliphatic rings. The van der Waals surface area contributed by atoms with E-state index in [1.165, 1.54) is 0 Å². The monoisotopic (exact) mass is 214 g/mol. The van der Waals surface area contributed by atoms with E-state index >= 15 is 0 Å². The molecule has 5 heteroatoms. The zero-order chi connectivity index (χ0) is 10.7. The van der Waals surface area contributed by atoms with Crippen molar-refractivity contribution >= 4 is 23.3 Å². The minimum Gasteiger partial charge on any atom is -0.480 e. The van der Waals surface area contributed by atoms with Gasteiger partial charge in [-0.25, -0.2) is 0 Å². The van der Waals surface area contributed by atoms with E-state index in [0.717, 1.165) is 0 Å². The van der Waals surface area contributed by atoms with E-state index in [9.17, 15) is 4.79 Å². The largest absolute Gasteiger partial charge is 0.480 e. The van der Waals surface area contributed by atoms with Crippen LogP contribution in [0.1, 0.15) is 5.56 Å². The highest BCUT2D eigenvalue weighted by molar-refractivity contribution is 6.30. The minimum atomic E-state index is -1.04. The molecule has 0 unspecified atom stereocenters. The quantitative estimate of drug-likeness (QED) is 0.652. The molecular weight excluding hydrogens is 204 g/mol. The molecule has 4 nitrogen and oxygen atoms in total. The number of anilines is 1. The average Bonchev–Trinajstić information content (AvgIpc) is 2.09. The molecule has 0 radical (unpaired) electrons. The van der Waals surface area contributed by atoms with Gasteiger partial charge in [0, 0.05) is 17.1 Å². The summed E-state index contributed by atoms with van der Waals surface area (Å²) in [7, 11) is 0. The maximum Gasteiger partial charge on any atom is 0.320 e. The first-order valence-electron chi connectivity index (χ1n) is 4.03. The van der Waals surface area contributed by atoms with Gasteiger partial charge in [-0.15, -0.1) is 0 Å². The van der Waals surface area contributed by atoms with Crippen LogP contribution in [0.25, 0.3) is 0 Å². The third-order valence-corrected chi connectivity index (χ3v) is 2.10. The Morgan fingerprint density at radius 1 is 1.57 bits per heavy atom. The van der Waals surface area contributed by atoms with E-state index in [0.29, 0.717) is 16.3 Å². The molecule has 0 aliphatic heterocycles. The number of carboxylic acids is 1. The number of benzene rings is 1. The second-order valence-corrected chi connectivity index (χ2v) is 3.43. The van der Waals surface area contributed by atoms with Crippen LogP contribution in [0.15, 0.2) is 18.2 Å². The van der Waals surface area contributed by atoms with Crippen LogP contribution in [0.3, 0.4) is 0 Å². The lowest BCUT2D eigenvalue weighted by molar-refractivity contribution is -0.138. The molecular formula is C9H11ClN2O2. The Bertz CT molecular complexity index is 355. The van der Waals surface area contributed by atoms with E-state index in [2.05, 4.69) is 0 Å². The van der Waals surface area contributed by atoms with Crippen LogP contribution < -0.4 is 11.5 Å². The lowest BCUT2D eigenvalue weighted by atomic mass is 10.1. The molecule has 0 heterocycles. The summed E-state index contributed by atoms with van der Waals surface area (Å²) in [5, 5.41) is 9.12. The number of aliphatic carboxylic acids is 1. The number of hydrogen-bond acceptors (Lipinski definition) is 3. The highest BCUT2D eigenvalue weighted by Crippen LogP contribution is 2.18. The van der Waals surface area contributed by atoms with Gasteiger partial charge < -0.3 is 16.6 Å². The van der Waals surface area contributed by atoms with Crippen molar-refractivity contribution in [3.05, 3.63) is 28.8 Å². The normalized spacial score (nSPS) is 12.4. The predicted molar refractivity (Wildman–Crippen MR) is 55.2 cm³/mol. The molecule has 5 N–H and O–H groups in total. The first-order valence-corrected chi connectivity index (χ1v) is 4.41. The standard InChI is InChI=1S/C9H11ClN2O2/c10-6-2-1-5(7(11)4-6)3-8(12)9(13)14/h1-2,4,8H,3,11-12H2,(H,13,14)/t8-/m0/s1. The summed E-state index contributed by atoms with van der Waals surface area (Å²) in [4.78, 5) is 10.5. The molecule has 14 heavy (non-hydrogen) atoms. The average molecular weight is 215 g/mol. The number of rotatable bonds is 3. The van der Waals surface area contributed by atoms with E-state index < -0.39 is 12.0 Å². The fraction of sp³-hybridized carbons (Fsp3) is 0.222. The fourth-order valence-electron chi connectivity index (χ4n) is 1.08. The van der Waals surface area contributed by atoms with Gasteiger partial charge in [0.1, 0.15) is 6.04 Å². The second kappa shape index (κ2) is 4.30. The Balaban J connectivity index is 2.82. The van der Waals surface area contributed by atoms with E-state index in [1.54, 1.807) is 18.2 Å². The van der Waals surface area contributed by atoms with Gasteiger partial charge in [0.25, 0.3) is 0 Å². The molecule has 1 aromatic rings. The molecule has 0 aromatic heterocycles. The second-order valence-electron chi connectivity index (χ2n) is 2.99. The third-order valence-electron chi connectivity index (χ3n) is 1.86. The maximum absolute atomic E-state index is 10.5. The van der Waals surface area contributed by atoms with Gasteiger partial charge in [-0.05, 0) is 17.7 Å². The molecule has 1 atom stereocenters. The van der Waals surface area contributed by atoms with Crippen molar-refractivity contribution in [2.45, 2.75) is 12.5 Å². The van der Waals surface area contributed by atoms with Gasteiger partial charge in [0.05, 0.1) is 0 Å². The van der Waals surface area contributed by atoms with Crippen molar-refractivity contribution in [3.8, 4) is 0 Å². The highest BCUT2D eigenvalue weighted by Gasteiger charge is 2.13. The Morgan fingerprint density at radius 3 is 2.71 bits per heavy atom. The minimum absolute atomic E-state index is 0.207. The van der Waals surface area contributed by atoms with Crippen molar-refractivity contribution in [2.24, 2.45) is 5.73 Å². The molecule has 0 saturated heterocycles. The number of nitrogens with two attached hydrogens (primary N) is 2. The number of nitrogen functional groups attached to an aromatic ring is 1. The summed E-state index contributed by atoms with van der Waals surface area (Å²) in [5.74, 6) is -1.04. The molecule has 1 rings (SSSR count). The first kappa shape index (κ1) is 10.8. The van der Waals surface area contributed by atoms with Gasteiger partial charge >= 0.3 is 5.97 Å². The van der Waals surface area contributed by atoms with Crippen LogP contribution in [0.5, 0.6) is 0 Å². The Kier molecular flexibility index (Phi) is 3.33. The lowest BCUT2D eigenvalue weighted by Crippen LogP contribution is -2.32. The number of hydrogen-bond donors (Lipinski definition) is 3. The van der Waals surface area contributed by atoms with Crippen molar-refractivity contribution in [2.75, 3.05) is 5.73 Å². The topological polar surface area (TPSA) is 89.3 Å². The lowest BCUT2D eigenvalue weighted by Gasteiger charge is -2.08. The Hall–Kier alpha value is -1.26. The van der Waals surface area contributed by atoms with Crippen LogP contribution in [-0.4, -0.2) is 17.1 Å². The van der Waals surface area contributed by atoms with Gasteiger partial charge in [-0.1, -0.05) is 17.7 Å². The predicted octanol–water partition coefficient (Wildman–Crippen LogP) is 0.877. The molecule has 0 fully saturated rings. The highest BCUT2D eigenvalue weighted by atomic mass is 35.5. The van der Waals surface area contributed by atoms with Crippen LogP contribution in [0.4, 0.5) is 5.69 Å². The molecule has 0 aliphatic carbocycles. The summed E-state index contributed by atoms with van der Waals surface area (Å²) >= 11 is 5.69. The summed E-state index contributed by atoms with van der Waals surface area (Å²) in [5.41, 5.74) is 12.2. The van der Waals surface area contributed by atoms with Crippen molar-refractivity contribution in [3.63, 3.8) is 0 Å². The van der Waals surface area contributed by atoms with E-state index in [4.69, 9.17) is 28.2 Å². The summed E-state index contributed by atoms with van der Waals surface area (Å²) in [6, 6.07) is 3.98. The number of carbonyl (C=O) groups is 1. The van der Waals surface area contributed by atoms with Gasteiger partial charge in [0.2, 0.25) is 0 Å². The Morgan fingerprint density at radius 2 is 2.21 bits per heavy atom. The molecule has 0 amide bonds. The molecule has 1 aromatic carbocycles. The zero-order valence-corrected chi connectivity index (χ0v) is 8.16. The number of halogens is 1. The SMILES string of the molecule is Nc1cc(Cl)ccc1C[C@H](N)C(=O)O. The van der Waals surface area contributed by atoms with Crippen molar-refractivity contribution in [1.82, 2.24) is 0 Å². The zero-order valence-electron chi connectivity index (χ0n) is 7.40. The van der Waals surface area contributed by atoms with Gasteiger partial charge in [-0.3, -0.25) is 4.79 Å². The molecule has 76 valence electrons. The third kappa shape index (κ3) is 2.61. The maximum atomic E-state index is 10.5. The van der Waals surface area contributed by atoms with E-state index in [1.807, 2.05) is 0 Å². The van der Waals surface area contributed by atoms with Crippen LogP contribution >= 0.6 is 11.6 Å². The van der Waals surface area contributed by atoms with Crippen molar-refractivity contribution < 1.29 is 9.90 Å². The van der Waals surface area contributed by atoms with Gasteiger partial charge in [0.15, 0.2) is 0 Å². The first-order chi connectivity index (χ1) is 6.50. The smallest absolute Gasteiger partial charge is 0.320 e. The Labute approximate surface area is 86.5 Å². The molecule has 0 bridgehead atoms. The summed E-state index contributed by atoms with van der Waals surface area (Å²) in [6.45, 7) is 0. The van der Waals surface area contributed by atoms with Crippen molar-refractivity contribution in [1.29, 1.82) is 0 Å². The fourth-order valence-corrected chi connectivity index (χ4v) is 1.26.